The van der Waals surface area contributed by atoms with Crippen LogP contribution in [0.2, 0.25) is 0 Å². The van der Waals surface area contributed by atoms with Gasteiger partial charge in [-0.1, -0.05) is 5.92 Å². The molecule has 0 amide bonds. The van der Waals surface area contributed by atoms with Crippen LogP contribution in [-0.4, -0.2) is 37.1 Å². The van der Waals surface area contributed by atoms with Crippen molar-refractivity contribution in [2.45, 2.75) is 25.3 Å². The monoisotopic (exact) mass is 392 g/mol. The van der Waals surface area contributed by atoms with Crippen molar-refractivity contribution < 1.29 is 0 Å². The molecule has 2 N–H and O–H groups in total. The van der Waals surface area contributed by atoms with Gasteiger partial charge in [0.15, 0.2) is 5.96 Å². The van der Waals surface area contributed by atoms with Gasteiger partial charge in [-0.15, -0.1) is 42.2 Å². The number of aliphatic imine (C=N–C) groups is 1. The van der Waals surface area contributed by atoms with Crippen molar-refractivity contribution in [2.24, 2.45) is 10.9 Å². The molecule has 0 aromatic heterocycles. The maximum atomic E-state index is 9.02. The van der Waals surface area contributed by atoms with Gasteiger partial charge in [0.25, 0.3) is 0 Å². The molecule has 2 unspecified atom stereocenters. The zero-order chi connectivity index (χ0) is 13.2. The minimum Gasteiger partial charge on any atom is -0.356 e. The highest BCUT2D eigenvalue weighted by Crippen LogP contribution is 2.24. The third kappa shape index (κ3) is 6.93. The van der Waals surface area contributed by atoms with Crippen LogP contribution in [0.5, 0.6) is 0 Å². The number of halogens is 1. The molecule has 0 aromatic rings. The predicted molar refractivity (Wildman–Crippen MR) is 92.8 cm³/mol. The van der Waals surface area contributed by atoms with Gasteiger partial charge in [0, 0.05) is 25.4 Å². The van der Waals surface area contributed by atoms with Crippen LogP contribution in [0.25, 0.3) is 0 Å². The average molecular weight is 392 g/mol. The summed E-state index contributed by atoms with van der Waals surface area (Å²) in [5.74, 6) is 5.19. The first-order valence-electron chi connectivity index (χ1n) is 6.19. The quantitative estimate of drug-likeness (QED) is 0.246. The van der Waals surface area contributed by atoms with Crippen molar-refractivity contribution in [2.75, 3.05) is 25.1 Å². The Hall–Kier alpha value is -0.600. The summed E-state index contributed by atoms with van der Waals surface area (Å²) in [6.45, 7) is 0.829. The lowest BCUT2D eigenvalue weighted by Gasteiger charge is -2.19. The lowest BCUT2D eigenvalue weighted by Crippen LogP contribution is -2.45. The fraction of sp³-hybridized carbons (Fsp3) is 0.692. The highest BCUT2D eigenvalue weighted by atomic mass is 127. The Morgan fingerprint density at radius 2 is 2.32 bits per heavy atom. The molecule has 1 fully saturated rings. The van der Waals surface area contributed by atoms with Crippen LogP contribution in [0.1, 0.15) is 19.3 Å². The third-order valence-corrected chi connectivity index (χ3v) is 3.82. The van der Waals surface area contributed by atoms with E-state index in [-0.39, 0.29) is 35.9 Å². The number of rotatable bonds is 5. The fourth-order valence-corrected chi connectivity index (χ4v) is 2.54. The van der Waals surface area contributed by atoms with Gasteiger partial charge in [-0.25, -0.2) is 0 Å². The summed E-state index contributed by atoms with van der Waals surface area (Å²) in [5.41, 5.74) is 0. The molecule has 1 aliphatic rings. The Bertz CT molecular complexity index is 359. The maximum Gasteiger partial charge on any atom is 0.191 e. The van der Waals surface area contributed by atoms with E-state index >= 15 is 0 Å². The number of thioether (sulfide) groups is 1. The standard InChI is InChI=1S/C13H20N4S.HI/c1-3-8-18-9-7-16-13(15-2)17-12-6-4-5-11(12)10-14;/h1,11-12H,4-9H2,2H3,(H2,15,16,17);1H. The SMILES string of the molecule is C#CCSCCNC(=NC)NC1CCCC1C#N.I. The largest absolute Gasteiger partial charge is 0.356 e. The summed E-state index contributed by atoms with van der Waals surface area (Å²) in [6.07, 6.45) is 8.33. The zero-order valence-electron chi connectivity index (χ0n) is 11.2. The molecule has 6 heteroatoms. The average Bonchev–Trinajstić information content (AvgIpc) is 2.84. The van der Waals surface area contributed by atoms with E-state index in [0.29, 0.717) is 0 Å². The highest BCUT2D eigenvalue weighted by molar-refractivity contribution is 14.0. The molecule has 106 valence electrons. The first kappa shape index (κ1) is 18.4. The molecule has 0 bridgehead atoms. The van der Waals surface area contributed by atoms with Gasteiger partial charge in [-0.3, -0.25) is 4.99 Å². The van der Waals surface area contributed by atoms with E-state index in [1.165, 1.54) is 0 Å². The van der Waals surface area contributed by atoms with Gasteiger partial charge >= 0.3 is 0 Å². The van der Waals surface area contributed by atoms with Crippen LogP contribution >= 0.6 is 35.7 Å². The summed E-state index contributed by atoms with van der Waals surface area (Å²) in [5, 5.41) is 15.6. The molecule has 0 heterocycles. The van der Waals surface area contributed by atoms with Crippen LogP contribution in [0.3, 0.4) is 0 Å². The number of guanidine groups is 1. The molecule has 1 saturated carbocycles. The predicted octanol–water partition coefficient (Wildman–Crippen LogP) is 1.83. The summed E-state index contributed by atoms with van der Waals surface area (Å²) >= 11 is 1.72. The Kier molecular flexibility index (Phi) is 10.9. The van der Waals surface area contributed by atoms with E-state index in [1.54, 1.807) is 18.8 Å². The molecule has 0 saturated heterocycles. The van der Waals surface area contributed by atoms with Gasteiger partial charge in [-0.05, 0) is 19.3 Å². The Morgan fingerprint density at radius 3 is 2.95 bits per heavy atom. The van der Waals surface area contributed by atoms with Gasteiger partial charge < -0.3 is 10.6 Å². The first-order valence-corrected chi connectivity index (χ1v) is 7.35. The maximum absolute atomic E-state index is 9.02. The second kappa shape index (κ2) is 11.2. The van der Waals surface area contributed by atoms with E-state index in [0.717, 1.165) is 43.3 Å². The molecule has 0 radical (unpaired) electrons. The van der Waals surface area contributed by atoms with E-state index in [1.807, 2.05) is 0 Å². The molecule has 0 spiro atoms. The van der Waals surface area contributed by atoms with Gasteiger partial charge in [0.2, 0.25) is 0 Å². The molecular weight excluding hydrogens is 371 g/mol. The van der Waals surface area contributed by atoms with E-state index in [2.05, 4.69) is 27.6 Å². The normalized spacial score (nSPS) is 21.9. The van der Waals surface area contributed by atoms with Crippen molar-refractivity contribution in [3.8, 4) is 18.4 Å². The zero-order valence-corrected chi connectivity index (χ0v) is 14.3. The topological polar surface area (TPSA) is 60.2 Å². The van der Waals surface area contributed by atoms with Gasteiger partial charge in [-0.2, -0.15) is 5.26 Å². The molecule has 0 aromatic carbocycles. The minimum atomic E-state index is 0. The molecule has 19 heavy (non-hydrogen) atoms. The lowest BCUT2D eigenvalue weighted by molar-refractivity contribution is 0.534. The smallest absolute Gasteiger partial charge is 0.191 e. The van der Waals surface area contributed by atoms with E-state index in [4.69, 9.17) is 11.7 Å². The van der Waals surface area contributed by atoms with E-state index in [9.17, 15) is 0 Å². The summed E-state index contributed by atoms with van der Waals surface area (Å²) in [6, 6.07) is 2.59. The Labute approximate surface area is 137 Å². The van der Waals surface area contributed by atoms with Crippen LogP contribution in [0.4, 0.5) is 0 Å². The van der Waals surface area contributed by atoms with Crippen molar-refractivity contribution in [3.05, 3.63) is 0 Å². The van der Waals surface area contributed by atoms with Crippen LogP contribution in [0, 0.1) is 29.6 Å². The number of hydrogen-bond acceptors (Lipinski definition) is 3. The third-order valence-electron chi connectivity index (χ3n) is 2.95. The van der Waals surface area contributed by atoms with Crippen LogP contribution in [-0.2, 0) is 0 Å². The summed E-state index contributed by atoms with van der Waals surface area (Å²) in [7, 11) is 1.75. The second-order valence-electron chi connectivity index (χ2n) is 4.17. The fourth-order valence-electron chi connectivity index (χ4n) is 2.03. The van der Waals surface area contributed by atoms with Crippen molar-refractivity contribution >= 4 is 41.7 Å². The summed E-state index contributed by atoms with van der Waals surface area (Å²) in [4.78, 5) is 4.17. The minimum absolute atomic E-state index is 0. The van der Waals surface area contributed by atoms with Gasteiger partial charge in [0.05, 0.1) is 17.7 Å². The Balaban J connectivity index is 0.00000324. The molecular formula is C13H21IN4S. The summed E-state index contributed by atoms with van der Waals surface area (Å²) < 4.78 is 0. The highest BCUT2D eigenvalue weighted by Gasteiger charge is 2.27. The van der Waals surface area contributed by atoms with Crippen molar-refractivity contribution in [1.82, 2.24) is 10.6 Å². The van der Waals surface area contributed by atoms with E-state index < -0.39 is 0 Å². The number of nitrogens with zero attached hydrogens (tertiary/aromatic N) is 2. The number of hydrogen-bond donors (Lipinski definition) is 2. The van der Waals surface area contributed by atoms with Crippen LogP contribution < -0.4 is 10.6 Å². The van der Waals surface area contributed by atoms with Crippen molar-refractivity contribution in [3.63, 3.8) is 0 Å². The molecule has 4 nitrogen and oxygen atoms in total. The number of nitrogens with one attached hydrogen (secondary N) is 2. The first-order chi connectivity index (χ1) is 8.81. The molecule has 0 aliphatic heterocycles. The molecule has 1 aliphatic carbocycles. The molecule has 2 atom stereocenters. The Morgan fingerprint density at radius 1 is 1.53 bits per heavy atom. The van der Waals surface area contributed by atoms with Crippen molar-refractivity contribution in [1.29, 1.82) is 5.26 Å². The molecule has 1 rings (SSSR count). The van der Waals surface area contributed by atoms with Gasteiger partial charge in [0.1, 0.15) is 0 Å². The number of terminal acetylenes is 1. The second-order valence-corrected chi connectivity index (χ2v) is 5.28. The lowest BCUT2D eigenvalue weighted by atomic mass is 10.1. The van der Waals surface area contributed by atoms with Crippen LogP contribution in [0.15, 0.2) is 4.99 Å². The number of nitriles is 1.